The Bertz CT molecular complexity index is 492. The maximum Gasteiger partial charge on any atom is 0.219 e. The van der Waals surface area contributed by atoms with E-state index >= 15 is 0 Å². The molecule has 1 atom stereocenters. The van der Waals surface area contributed by atoms with Crippen molar-refractivity contribution in [3.05, 3.63) is 28.8 Å². The molecule has 21 heavy (non-hydrogen) atoms. The number of β-amino-alcohol motifs (C(OH)–C–C–N with tert-alkyl or cyclic N) is 1. The van der Waals surface area contributed by atoms with Crippen molar-refractivity contribution in [2.24, 2.45) is 5.73 Å². The summed E-state index contributed by atoms with van der Waals surface area (Å²) in [5.41, 5.74) is 5.64. The summed E-state index contributed by atoms with van der Waals surface area (Å²) < 4.78 is 5.51. The molecule has 0 spiro atoms. The van der Waals surface area contributed by atoms with Crippen LogP contribution in [0.5, 0.6) is 5.75 Å². The summed E-state index contributed by atoms with van der Waals surface area (Å²) in [4.78, 5) is 10.9. The number of halogens is 1. The Labute approximate surface area is 130 Å². The second-order valence-electron chi connectivity index (χ2n) is 5.78. The Morgan fingerprint density at radius 2 is 2.19 bits per heavy atom. The molecule has 1 amide bonds. The van der Waals surface area contributed by atoms with Crippen LogP contribution in [0.25, 0.3) is 0 Å². The first-order valence-electron chi connectivity index (χ1n) is 6.80. The van der Waals surface area contributed by atoms with Crippen LogP contribution in [-0.4, -0.2) is 35.8 Å². The van der Waals surface area contributed by atoms with Crippen molar-refractivity contribution in [3.8, 4) is 5.75 Å². The van der Waals surface area contributed by atoms with Crippen molar-refractivity contribution in [3.63, 3.8) is 0 Å². The third-order valence-corrected chi connectivity index (χ3v) is 3.43. The molecule has 1 aromatic rings. The van der Waals surface area contributed by atoms with Gasteiger partial charge in [-0.2, -0.15) is 0 Å². The zero-order valence-electron chi connectivity index (χ0n) is 12.6. The van der Waals surface area contributed by atoms with Crippen molar-refractivity contribution < 1.29 is 14.6 Å². The van der Waals surface area contributed by atoms with Crippen LogP contribution in [0.4, 0.5) is 0 Å². The molecule has 1 rings (SSSR count). The Kier molecular flexibility index (Phi) is 6.45. The fourth-order valence-corrected chi connectivity index (χ4v) is 1.97. The summed E-state index contributed by atoms with van der Waals surface area (Å²) in [6.45, 7) is 6.06. The summed E-state index contributed by atoms with van der Waals surface area (Å²) in [5.74, 6) is 0.280. The summed E-state index contributed by atoms with van der Waals surface area (Å²) in [6, 6.07) is 5.33. The third-order valence-electron chi connectivity index (χ3n) is 3.00. The van der Waals surface area contributed by atoms with Crippen LogP contribution >= 0.6 is 11.6 Å². The Balaban J connectivity index is 2.38. The molecule has 118 valence electrons. The molecule has 0 saturated heterocycles. The number of hydrogen-bond donors (Lipinski definition) is 3. The number of aliphatic hydroxyl groups excluding tert-OH is 1. The molecule has 0 radical (unpaired) electrons. The molecule has 0 aromatic heterocycles. The number of rotatable bonds is 8. The largest absolute Gasteiger partial charge is 0.491 e. The first-order valence-corrected chi connectivity index (χ1v) is 7.18. The Morgan fingerprint density at radius 1 is 1.52 bits per heavy atom. The van der Waals surface area contributed by atoms with Crippen LogP contribution in [0.2, 0.25) is 5.02 Å². The maximum absolute atomic E-state index is 10.9. The van der Waals surface area contributed by atoms with Gasteiger partial charge in [0.2, 0.25) is 5.91 Å². The Morgan fingerprint density at radius 3 is 2.76 bits per heavy atom. The average molecular weight is 315 g/mol. The van der Waals surface area contributed by atoms with Gasteiger partial charge < -0.3 is 20.9 Å². The van der Waals surface area contributed by atoms with E-state index in [2.05, 4.69) is 5.32 Å². The number of aryl methyl sites for hydroxylation is 1. The number of amides is 1. The second kappa shape index (κ2) is 7.64. The van der Waals surface area contributed by atoms with Crippen LogP contribution in [0.1, 0.15) is 25.8 Å². The van der Waals surface area contributed by atoms with Crippen LogP contribution < -0.4 is 15.8 Å². The standard InChI is InChI=1S/C15H23ClN2O3/c1-10-6-12(4-5-13(10)16)21-9-11(19)8-18-15(2,3)7-14(17)20/h4-6,11,18-19H,7-9H2,1-3H3,(H2,17,20). The van der Waals surface area contributed by atoms with Gasteiger partial charge in [-0.05, 0) is 44.5 Å². The number of nitrogens with two attached hydrogens (primary N) is 1. The zero-order chi connectivity index (χ0) is 16.0. The first-order chi connectivity index (χ1) is 9.69. The molecule has 1 aromatic carbocycles. The van der Waals surface area contributed by atoms with Crippen molar-refractivity contribution in [2.75, 3.05) is 13.2 Å². The minimum absolute atomic E-state index is 0.153. The predicted octanol–water partition coefficient (Wildman–Crippen LogP) is 1.63. The summed E-state index contributed by atoms with van der Waals surface area (Å²) in [5, 5.41) is 13.7. The van der Waals surface area contributed by atoms with Crippen molar-refractivity contribution in [2.45, 2.75) is 38.8 Å². The number of hydrogen-bond acceptors (Lipinski definition) is 4. The summed E-state index contributed by atoms with van der Waals surface area (Å²) >= 11 is 5.93. The van der Waals surface area contributed by atoms with Gasteiger partial charge in [0.1, 0.15) is 18.5 Å². The molecule has 0 bridgehead atoms. The van der Waals surface area contributed by atoms with Crippen molar-refractivity contribution in [1.82, 2.24) is 5.32 Å². The molecule has 0 fully saturated rings. The average Bonchev–Trinajstić information content (AvgIpc) is 2.36. The molecule has 0 aliphatic carbocycles. The lowest BCUT2D eigenvalue weighted by Crippen LogP contribution is -2.46. The van der Waals surface area contributed by atoms with Gasteiger partial charge in [-0.25, -0.2) is 0 Å². The first kappa shape index (κ1) is 17.8. The zero-order valence-corrected chi connectivity index (χ0v) is 13.4. The molecule has 1 unspecified atom stereocenters. The van der Waals surface area contributed by atoms with Gasteiger partial charge in [-0.3, -0.25) is 4.79 Å². The fraction of sp³-hybridized carbons (Fsp3) is 0.533. The molecule has 6 heteroatoms. The molecule has 0 heterocycles. The quantitative estimate of drug-likeness (QED) is 0.681. The van der Waals surface area contributed by atoms with Crippen LogP contribution in [0, 0.1) is 6.92 Å². The monoisotopic (exact) mass is 314 g/mol. The minimum atomic E-state index is -0.687. The van der Waals surface area contributed by atoms with Gasteiger partial charge in [0, 0.05) is 23.5 Å². The van der Waals surface area contributed by atoms with Gasteiger partial charge in [-0.15, -0.1) is 0 Å². The fourth-order valence-electron chi connectivity index (χ4n) is 1.85. The second-order valence-corrected chi connectivity index (χ2v) is 6.19. The lowest BCUT2D eigenvalue weighted by atomic mass is 10.0. The van der Waals surface area contributed by atoms with E-state index in [9.17, 15) is 9.90 Å². The molecule has 0 aliphatic heterocycles. The number of carbonyl (C=O) groups excluding carboxylic acids is 1. The molecular formula is C15H23ClN2O3. The smallest absolute Gasteiger partial charge is 0.219 e. The van der Waals surface area contributed by atoms with E-state index in [0.29, 0.717) is 17.3 Å². The van der Waals surface area contributed by atoms with Crippen molar-refractivity contribution >= 4 is 17.5 Å². The normalized spacial score (nSPS) is 13.0. The molecule has 0 aliphatic rings. The van der Waals surface area contributed by atoms with Crippen LogP contribution in [0.15, 0.2) is 18.2 Å². The number of aliphatic hydroxyl groups is 1. The van der Waals surface area contributed by atoms with Crippen LogP contribution in [0.3, 0.4) is 0 Å². The predicted molar refractivity (Wildman–Crippen MR) is 83.6 cm³/mol. The number of nitrogens with one attached hydrogen (secondary N) is 1. The lowest BCUT2D eigenvalue weighted by molar-refractivity contribution is -0.119. The SMILES string of the molecule is Cc1cc(OCC(O)CNC(C)(C)CC(N)=O)ccc1Cl. The highest BCUT2D eigenvalue weighted by atomic mass is 35.5. The van der Waals surface area contributed by atoms with Gasteiger partial charge >= 0.3 is 0 Å². The van der Waals surface area contributed by atoms with Crippen LogP contribution in [-0.2, 0) is 4.79 Å². The highest BCUT2D eigenvalue weighted by Gasteiger charge is 2.21. The summed E-state index contributed by atoms with van der Waals surface area (Å²) in [7, 11) is 0. The van der Waals surface area contributed by atoms with Gasteiger partial charge in [0.05, 0.1) is 0 Å². The molecular weight excluding hydrogens is 292 g/mol. The Hall–Kier alpha value is -1.30. The van der Waals surface area contributed by atoms with Gasteiger partial charge in [-0.1, -0.05) is 11.6 Å². The minimum Gasteiger partial charge on any atom is -0.491 e. The molecule has 4 N–H and O–H groups in total. The highest BCUT2D eigenvalue weighted by molar-refractivity contribution is 6.31. The van der Waals surface area contributed by atoms with Crippen molar-refractivity contribution in [1.29, 1.82) is 0 Å². The highest BCUT2D eigenvalue weighted by Crippen LogP contribution is 2.21. The van der Waals surface area contributed by atoms with Gasteiger partial charge in [0.15, 0.2) is 0 Å². The van der Waals surface area contributed by atoms with E-state index < -0.39 is 11.6 Å². The van der Waals surface area contributed by atoms with E-state index in [1.54, 1.807) is 12.1 Å². The molecule has 0 saturated carbocycles. The topological polar surface area (TPSA) is 84.6 Å². The summed E-state index contributed by atoms with van der Waals surface area (Å²) in [6.07, 6.45) is -0.482. The van der Waals surface area contributed by atoms with E-state index in [4.69, 9.17) is 22.1 Å². The third kappa shape index (κ3) is 6.80. The van der Waals surface area contributed by atoms with Gasteiger partial charge in [0.25, 0.3) is 0 Å². The van der Waals surface area contributed by atoms with E-state index in [-0.39, 0.29) is 18.9 Å². The molecule has 5 nitrogen and oxygen atoms in total. The maximum atomic E-state index is 10.9. The number of benzene rings is 1. The number of ether oxygens (including phenoxy) is 1. The van der Waals surface area contributed by atoms with E-state index in [0.717, 1.165) is 5.56 Å². The number of primary amides is 1. The van der Waals surface area contributed by atoms with E-state index in [1.165, 1.54) is 0 Å². The number of carbonyl (C=O) groups is 1. The van der Waals surface area contributed by atoms with E-state index in [1.807, 2.05) is 26.8 Å². The lowest BCUT2D eigenvalue weighted by Gasteiger charge is -2.26.